The van der Waals surface area contributed by atoms with E-state index in [2.05, 4.69) is 10.6 Å². The van der Waals surface area contributed by atoms with Crippen molar-refractivity contribution in [1.29, 1.82) is 0 Å². The summed E-state index contributed by atoms with van der Waals surface area (Å²) in [5.74, 6) is -0.844. The molecule has 3 N–H and O–H groups in total. The van der Waals surface area contributed by atoms with Gasteiger partial charge in [0.15, 0.2) is 0 Å². The Labute approximate surface area is 101 Å². The molecule has 1 fully saturated rings. The van der Waals surface area contributed by atoms with Crippen LogP contribution in [0, 0.1) is 0 Å². The molecular weight excluding hydrogens is 224 g/mol. The first-order valence-electron chi connectivity index (χ1n) is 5.94. The predicted molar refractivity (Wildman–Crippen MR) is 61.8 cm³/mol. The number of aliphatic carboxylic acids is 1. The number of amides is 2. The summed E-state index contributed by atoms with van der Waals surface area (Å²) < 4.78 is 5.19. The van der Waals surface area contributed by atoms with Crippen LogP contribution in [0.4, 0.5) is 4.79 Å². The van der Waals surface area contributed by atoms with Crippen molar-refractivity contribution in [2.45, 2.75) is 44.7 Å². The van der Waals surface area contributed by atoms with Gasteiger partial charge in [-0.3, -0.25) is 4.79 Å². The van der Waals surface area contributed by atoms with Gasteiger partial charge in [0.2, 0.25) is 0 Å². The second kappa shape index (κ2) is 7.11. The third-order valence-electron chi connectivity index (χ3n) is 2.73. The van der Waals surface area contributed by atoms with Crippen LogP contribution in [0.5, 0.6) is 0 Å². The lowest BCUT2D eigenvalue weighted by atomic mass is 10.1. The molecule has 0 radical (unpaired) electrons. The second-order valence-corrected chi connectivity index (χ2v) is 4.34. The highest BCUT2D eigenvalue weighted by molar-refractivity contribution is 5.74. The van der Waals surface area contributed by atoms with Crippen LogP contribution in [-0.4, -0.2) is 42.4 Å². The number of ether oxygens (including phenoxy) is 1. The van der Waals surface area contributed by atoms with Gasteiger partial charge in [-0.2, -0.15) is 0 Å². The predicted octanol–water partition coefficient (Wildman–Crippen LogP) is 0.718. The van der Waals surface area contributed by atoms with Crippen LogP contribution < -0.4 is 10.6 Å². The SMILES string of the molecule is CC(CCC(=O)O)NC(=O)NC1CCOCC1. The van der Waals surface area contributed by atoms with E-state index >= 15 is 0 Å². The molecule has 6 heteroatoms. The van der Waals surface area contributed by atoms with Crippen molar-refractivity contribution in [2.24, 2.45) is 0 Å². The fourth-order valence-electron chi connectivity index (χ4n) is 1.70. The zero-order chi connectivity index (χ0) is 12.7. The minimum Gasteiger partial charge on any atom is -0.481 e. The van der Waals surface area contributed by atoms with Crippen LogP contribution >= 0.6 is 0 Å². The van der Waals surface area contributed by atoms with E-state index in [9.17, 15) is 9.59 Å². The minimum absolute atomic E-state index is 0.0682. The van der Waals surface area contributed by atoms with E-state index in [4.69, 9.17) is 9.84 Å². The molecule has 0 bridgehead atoms. The molecule has 2 amide bonds. The van der Waals surface area contributed by atoms with Crippen molar-refractivity contribution in [3.8, 4) is 0 Å². The summed E-state index contributed by atoms with van der Waals surface area (Å²) in [5, 5.41) is 14.1. The Hall–Kier alpha value is -1.30. The summed E-state index contributed by atoms with van der Waals surface area (Å²) in [7, 11) is 0. The van der Waals surface area contributed by atoms with Crippen molar-refractivity contribution in [3.05, 3.63) is 0 Å². The van der Waals surface area contributed by atoms with Gasteiger partial charge in [-0.05, 0) is 26.2 Å². The zero-order valence-electron chi connectivity index (χ0n) is 10.1. The Kier molecular flexibility index (Phi) is 5.76. The van der Waals surface area contributed by atoms with E-state index in [-0.39, 0.29) is 24.5 Å². The van der Waals surface area contributed by atoms with Crippen LogP contribution in [0.25, 0.3) is 0 Å². The maximum absolute atomic E-state index is 11.6. The number of carboxylic acids is 1. The fourth-order valence-corrected chi connectivity index (χ4v) is 1.70. The number of carbonyl (C=O) groups excluding carboxylic acids is 1. The minimum atomic E-state index is -0.844. The van der Waals surface area contributed by atoms with Crippen LogP contribution in [0.3, 0.4) is 0 Å². The second-order valence-electron chi connectivity index (χ2n) is 4.34. The van der Waals surface area contributed by atoms with Gasteiger partial charge in [0.1, 0.15) is 0 Å². The lowest BCUT2D eigenvalue weighted by molar-refractivity contribution is -0.137. The molecule has 0 saturated carbocycles. The molecule has 1 aliphatic heterocycles. The monoisotopic (exact) mass is 244 g/mol. The first-order valence-corrected chi connectivity index (χ1v) is 5.94. The number of hydrogen-bond acceptors (Lipinski definition) is 3. The molecular formula is C11H20N2O4. The van der Waals surface area contributed by atoms with Gasteiger partial charge < -0.3 is 20.5 Å². The molecule has 1 unspecified atom stereocenters. The van der Waals surface area contributed by atoms with E-state index < -0.39 is 5.97 Å². The van der Waals surface area contributed by atoms with Gasteiger partial charge in [-0.1, -0.05) is 0 Å². The van der Waals surface area contributed by atoms with Gasteiger partial charge in [0.05, 0.1) is 0 Å². The van der Waals surface area contributed by atoms with Crippen LogP contribution in [0.1, 0.15) is 32.6 Å². The molecule has 6 nitrogen and oxygen atoms in total. The summed E-state index contributed by atoms with van der Waals surface area (Å²) in [6.07, 6.45) is 2.17. The summed E-state index contributed by atoms with van der Waals surface area (Å²) in [5.41, 5.74) is 0. The smallest absolute Gasteiger partial charge is 0.315 e. The molecule has 1 atom stereocenters. The number of carbonyl (C=O) groups is 2. The summed E-state index contributed by atoms with van der Waals surface area (Å²) in [6.45, 7) is 3.16. The average molecular weight is 244 g/mol. The van der Waals surface area contributed by atoms with Crippen molar-refractivity contribution in [3.63, 3.8) is 0 Å². The van der Waals surface area contributed by atoms with E-state index in [0.717, 1.165) is 12.8 Å². The number of carboxylic acid groups (broad SMARTS) is 1. The number of hydrogen-bond donors (Lipinski definition) is 3. The zero-order valence-corrected chi connectivity index (χ0v) is 10.1. The number of rotatable bonds is 5. The molecule has 1 rings (SSSR count). The molecule has 0 aromatic rings. The summed E-state index contributed by atoms with van der Waals surface area (Å²) >= 11 is 0. The van der Waals surface area contributed by atoms with Crippen LogP contribution in [-0.2, 0) is 9.53 Å². The lowest BCUT2D eigenvalue weighted by Crippen LogP contribution is -2.47. The molecule has 0 aromatic heterocycles. The van der Waals surface area contributed by atoms with Crippen molar-refractivity contribution >= 4 is 12.0 Å². The molecule has 98 valence electrons. The molecule has 0 aliphatic carbocycles. The largest absolute Gasteiger partial charge is 0.481 e. The Morgan fingerprint density at radius 3 is 2.65 bits per heavy atom. The molecule has 0 aromatic carbocycles. The van der Waals surface area contributed by atoms with Gasteiger partial charge in [0, 0.05) is 31.7 Å². The first-order chi connectivity index (χ1) is 8.08. The number of urea groups is 1. The highest BCUT2D eigenvalue weighted by atomic mass is 16.5. The normalized spacial score (nSPS) is 18.4. The van der Waals surface area contributed by atoms with E-state index in [1.165, 1.54) is 0 Å². The van der Waals surface area contributed by atoms with Crippen molar-refractivity contribution in [2.75, 3.05) is 13.2 Å². The van der Waals surface area contributed by atoms with Gasteiger partial charge >= 0.3 is 12.0 Å². The van der Waals surface area contributed by atoms with Crippen molar-refractivity contribution < 1.29 is 19.4 Å². The Balaban J connectivity index is 2.16. The van der Waals surface area contributed by atoms with Gasteiger partial charge in [0.25, 0.3) is 0 Å². The van der Waals surface area contributed by atoms with E-state index in [1.54, 1.807) is 6.92 Å². The molecule has 1 saturated heterocycles. The highest BCUT2D eigenvalue weighted by Crippen LogP contribution is 2.06. The van der Waals surface area contributed by atoms with Gasteiger partial charge in [-0.15, -0.1) is 0 Å². The first kappa shape index (κ1) is 13.8. The summed E-state index contributed by atoms with van der Waals surface area (Å²) in [4.78, 5) is 21.9. The summed E-state index contributed by atoms with van der Waals surface area (Å²) in [6, 6.07) is -0.198. The average Bonchev–Trinajstić information content (AvgIpc) is 2.27. The lowest BCUT2D eigenvalue weighted by Gasteiger charge is -2.24. The van der Waals surface area contributed by atoms with Crippen molar-refractivity contribution in [1.82, 2.24) is 10.6 Å². The molecule has 1 aliphatic rings. The van der Waals surface area contributed by atoms with Crippen LogP contribution in [0.15, 0.2) is 0 Å². The molecule has 17 heavy (non-hydrogen) atoms. The molecule has 1 heterocycles. The van der Waals surface area contributed by atoms with Crippen LogP contribution in [0.2, 0.25) is 0 Å². The van der Waals surface area contributed by atoms with E-state index in [0.29, 0.717) is 19.6 Å². The third kappa shape index (κ3) is 6.11. The molecule has 0 spiro atoms. The van der Waals surface area contributed by atoms with E-state index in [1.807, 2.05) is 0 Å². The Morgan fingerprint density at radius 1 is 1.41 bits per heavy atom. The number of nitrogens with one attached hydrogen (secondary N) is 2. The maximum Gasteiger partial charge on any atom is 0.315 e. The third-order valence-corrected chi connectivity index (χ3v) is 2.73. The fraction of sp³-hybridized carbons (Fsp3) is 0.818. The van der Waals surface area contributed by atoms with Gasteiger partial charge in [-0.25, -0.2) is 4.79 Å². The highest BCUT2D eigenvalue weighted by Gasteiger charge is 2.17. The Bertz CT molecular complexity index is 264. The topological polar surface area (TPSA) is 87.7 Å². The quantitative estimate of drug-likeness (QED) is 0.665. The Morgan fingerprint density at radius 2 is 2.06 bits per heavy atom. The maximum atomic E-state index is 11.6. The standard InChI is InChI=1S/C11H20N2O4/c1-8(2-3-10(14)15)12-11(16)13-9-4-6-17-7-5-9/h8-9H,2-7H2,1H3,(H,14,15)(H2,12,13,16).